The highest BCUT2D eigenvalue weighted by Crippen LogP contribution is 2.39. The van der Waals surface area contributed by atoms with E-state index < -0.39 is 41.6 Å². The van der Waals surface area contributed by atoms with Crippen LogP contribution in [-0.4, -0.2) is 12.1 Å². The van der Waals surface area contributed by atoms with Gasteiger partial charge in [0.25, 0.3) is 6.43 Å². The second-order valence-electron chi connectivity index (χ2n) is 3.21. The fraction of sp³-hybridized carbons (Fsp3) is 0.400. The molecule has 0 aliphatic carbocycles. The third kappa shape index (κ3) is 2.67. The molecule has 0 amide bonds. The Morgan fingerprint density at radius 2 is 2.06 bits per heavy atom. The zero-order valence-electron chi connectivity index (χ0n) is 9.05. The Kier molecular flexibility index (Phi) is 4.06. The highest BCUT2D eigenvalue weighted by atomic mass is 19.4. The molecular formula is C10H7F5N2O. The Bertz CT molecular complexity index is 478. The Labute approximate surface area is 98.8 Å². The van der Waals surface area contributed by atoms with Gasteiger partial charge in [0, 0.05) is 17.3 Å². The number of methoxy groups -OCH3 is 1. The highest BCUT2D eigenvalue weighted by molar-refractivity contribution is 5.45. The van der Waals surface area contributed by atoms with Crippen molar-refractivity contribution in [1.82, 2.24) is 4.98 Å². The molecule has 1 rings (SSSR count). The Hall–Kier alpha value is -1.91. The van der Waals surface area contributed by atoms with E-state index >= 15 is 0 Å². The van der Waals surface area contributed by atoms with Crippen molar-refractivity contribution in [2.45, 2.75) is 19.0 Å². The quantitative estimate of drug-likeness (QED) is 0.789. The van der Waals surface area contributed by atoms with Crippen LogP contribution in [0.2, 0.25) is 0 Å². The van der Waals surface area contributed by atoms with Gasteiger partial charge in [-0.3, -0.25) is 0 Å². The van der Waals surface area contributed by atoms with Gasteiger partial charge in [-0.05, 0) is 0 Å². The maximum atomic E-state index is 12.6. The second-order valence-corrected chi connectivity index (χ2v) is 3.21. The van der Waals surface area contributed by atoms with Gasteiger partial charge in [-0.1, -0.05) is 0 Å². The summed E-state index contributed by atoms with van der Waals surface area (Å²) in [6.45, 7) is 0. The average Bonchev–Trinajstić information content (AvgIpc) is 2.27. The number of halogens is 5. The Balaban J connectivity index is 3.54. The molecule has 3 nitrogen and oxygen atoms in total. The van der Waals surface area contributed by atoms with E-state index in [0.717, 1.165) is 7.11 Å². The van der Waals surface area contributed by atoms with Crippen LogP contribution in [0.5, 0.6) is 5.75 Å². The number of hydrogen-bond acceptors (Lipinski definition) is 3. The largest absolute Gasteiger partial charge is 0.494 e. The van der Waals surface area contributed by atoms with Crippen LogP contribution in [0.1, 0.15) is 23.2 Å². The molecule has 0 bridgehead atoms. The SMILES string of the molecule is COc1c(C(F)(F)F)ncc(C(F)F)c1CC#N. The molecule has 18 heavy (non-hydrogen) atoms. The van der Waals surface area contributed by atoms with E-state index in [1.165, 1.54) is 6.07 Å². The van der Waals surface area contributed by atoms with E-state index in [1.54, 1.807) is 0 Å². The van der Waals surface area contributed by atoms with Gasteiger partial charge in [-0.15, -0.1) is 0 Å². The number of hydrogen-bond donors (Lipinski definition) is 0. The van der Waals surface area contributed by atoms with Gasteiger partial charge in [0.05, 0.1) is 19.6 Å². The summed E-state index contributed by atoms with van der Waals surface area (Å²) in [4.78, 5) is 2.95. The first kappa shape index (κ1) is 14.2. The summed E-state index contributed by atoms with van der Waals surface area (Å²) in [6, 6.07) is 1.52. The summed E-state index contributed by atoms with van der Waals surface area (Å²) in [7, 11) is 0.905. The molecule has 0 saturated heterocycles. The minimum absolute atomic E-state index is 0.419. The maximum Gasteiger partial charge on any atom is 0.437 e. The molecule has 0 atom stereocenters. The zero-order valence-corrected chi connectivity index (χ0v) is 9.05. The summed E-state index contributed by atoms with van der Waals surface area (Å²) >= 11 is 0. The molecule has 1 aromatic rings. The number of aromatic nitrogens is 1. The van der Waals surface area contributed by atoms with Gasteiger partial charge in [-0.25, -0.2) is 13.8 Å². The zero-order chi connectivity index (χ0) is 13.9. The van der Waals surface area contributed by atoms with Crippen LogP contribution >= 0.6 is 0 Å². The van der Waals surface area contributed by atoms with E-state index in [0.29, 0.717) is 6.20 Å². The molecule has 1 aromatic heterocycles. The first-order chi connectivity index (χ1) is 8.32. The predicted octanol–water partition coefficient (Wildman–Crippen LogP) is 3.11. The van der Waals surface area contributed by atoms with Crippen LogP contribution in [0.25, 0.3) is 0 Å². The van der Waals surface area contributed by atoms with Crippen molar-refractivity contribution in [3.05, 3.63) is 23.0 Å². The fourth-order valence-electron chi connectivity index (χ4n) is 1.42. The van der Waals surface area contributed by atoms with Crippen LogP contribution in [0.3, 0.4) is 0 Å². The van der Waals surface area contributed by atoms with Crippen LogP contribution < -0.4 is 4.74 Å². The lowest BCUT2D eigenvalue weighted by Gasteiger charge is -2.16. The molecule has 0 spiro atoms. The van der Waals surface area contributed by atoms with E-state index in [2.05, 4.69) is 9.72 Å². The van der Waals surface area contributed by atoms with Crippen molar-refractivity contribution < 1.29 is 26.7 Å². The first-order valence-corrected chi connectivity index (χ1v) is 4.61. The standard InChI is InChI=1S/C10H7F5N2O/c1-18-7-5(2-3-16)6(9(11)12)4-17-8(7)10(13,14)15/h4,9H,2H2,1H3. The predicted molar refractivity (Wildman–Crippen MR) is 50.1 cm³/mol. The van der Waals surface area contributed by atoms with Gasteiger partial charge in [0.2, 0.25) is 0 Å². The van der Waals surface area contributed by atoms with Crippen molar-refractivity contribution in [2.24, 2.45) is 0 Å². The van der Waals surface area contributed by atoms with Gasteiger partial charge in [0.1, 0.15) is 0 Å². The number of nitriles is 1. The summed E-state index contributed by atoms with van der Waals surface area (Å²) < 4.78 is 67.4. The normalized spacial score (nSPS) is 11.4. The van der Waals surface area contributed by atoms with Crippen LogP contribution in [-0.2, 0) is 12.6 Å². The van der Waals surface area contributed by atoms with Gasteiger partial charge < -0.3 is 4.74 Å². The molecule has 0 unspecified atom stereocenters. The van der Waals surface area contributed by atoms with Crippen molar-refractivity contribution in [2.75, 3.05) is 7.11 Å². The topological polar surface area (TPSA) is 45.9 Å². The molecule has 0 fully saturated rings. The molecule has 98 valence electrons. The molecular weight excluding hydrogens is 259 g/mol. The number of rotatable bonds is 3. The van der Waals surface area contributed by atoms with Crippen LogP contribution in [0.4, 0.5) is 22.0 Å². The smallest absolute Gasteiger partial charge is 0.437 e. The average molecular weight is 266 g/mol. The number of alkyl halides is 5. The lowest BCUT2D eigenvalue weighted by molar-refractivity contribution is -0.142. The molecule has 0 aliphatic rings. The molecule has 0 N–H and O–H groups in total. The number of nitrogens with zero attached hydrogens (tertiary/aromatic N) is 2. The van der Waals surface area contributed by atoms with Gasteiger partial charge >= 0.3 is 6.18 Å². The molecule has 1 heterocycles. The summed E-state index contributed by atoms with van der Waals surface area (Å²) in [5.41, 5.74) is -2.64. The van der Waals surface area contributed by atoms with Crippen molar-refractivity contribution in [3.8, 4) is 11.8 Å². The van der Waals surface area contributed by atoms with Gasteiger partial charge in [0.15, 0.2) is 11.4 Å². The van der Waals surface area contributed by atoms with Crippen molar-refractivity contribution in [1.29, 1.82) is 5.26 Å². The Morgan fingerprint density at radius 3 is 2.44 bits per heavy atom. The third-order valence-electron chi connectivity index (χ3n) is 2.13. The Morgan fingerprint density at radius 1 is 1.44 bits per heavy atom. The third-order valence-corrected chi connectivity index (χ3v) is 2.13. The molecule has 0 radical (unpaired) electrons. The lowest BCUT2D eigenvalue weighted by atomic mass is 10.0. The molecule has 0 aromatic carbocycles. The number of pyridine rings is 1. The van der Waals surface area contributed by atoms with Gasteiger partial charge in [-0.2, -0.15) is 18.4 Å². The summed E-state index contributed by atoms with van der Waals surface area (Å²) in [5.74, 6) is -0.832. The highest BCUT2D eigenvalue weighted by Gasteiger charge is 2.38. The number of ether oxygens (including phenoxy) is 1. The first-order valence-electron chi connectivity index (χ1n) is 4.61. The van der Waals surface area contributed by atoms with Crippen molar-refractivity contribution in [3.63, 3.8) is 0 Å². The molecule has 0 saturated carbocycles. The molecule has 0 aliphatic heterocycles. The van der Waals surface area contributed by atoms with E-state index in [1.807, 2.05) is 0 Å². The fourth-order valence-corrected chi connectivity index (χ4v) is 1.42. The van der Waals surface area contributed by atoms with E-state index in [9.17, 15) is 22.0 Å². The lowest BCUT2D eigenvalue weighted by Crippen LogP contribution is -2.13. The van der Waals surface area contributed by atoms with Crippen LogP contribution in [0, 0.1) is 11.3 Å². The maximum absolute atomic E-state index is 12.6. The molecule has 8 heteroatoms. The van der Waals surface area contributed by atoms with Crippen LogP contribution in [0.15, 0.2) is 6.20 Å². The minimum atomic E-state index is -4.84. The monoisotopic (exact) mass is 266 g/mol. The second kappa shape index (κ2) is 5.16. The minimum Gasteiger partial charge on any atom is -0.494 e. The van der Waals surface area contributed by atoms with Crippen molar-refractivity contribution >= 4 is 0 Å². The van der Waals surface area contributed by atoms with E-state index in [4.69, 9.17) is 5.26 Å². The summed E-state index contributed by atoms with van der Waals surface area (Å²) in [6.07, 6.45) is -8.06. The summed E-state index contributed by atoms with van der Waals surface area (Å²) in [5, 5.41) is 8.49. The van der Waals surface area contributed by atoms with E-state index in [-0.39, 0.29) is 0 Å².